The average Bonchev–Trinajstić information content (AvgIpc) is 3.39. The van der Waals surface area contributed by atoms with Crippen molar-refractivity contribution in [2.75, 3.05) is 5.32 Å². The van der Waals surface area contributed by atoms with Gasteiger partial charge in [-0.15, -0.1) is 0 Å². The molecular formula is C22H18ClN5O2. The van der Waals surface area contributed by atoms with E-state index in [4.69, 9.17) is 11.6 Å². The Morgan fingerprint density at radius 2 is 2.03 bits per heavy atom. The summed E-state index contributed by atoms with van der Waals surface area (Å²) in [7, 11) is 0. The number of nitrogens with zero attached hydrogens (tertiary/aromatic N) is 4. The van der Waals surface area contributed by atoms with E-state index in [2.05, 4.69) is 15.4 Å². The summed E-state index contributed by atoms with van der Waals surface area (Å²) in [6.45, 7) is 1.14. The van der Waals surface area contributed by atoms with Crippen LogP contribution in [-0.2, 0) is 19.5 Å². The Balaban J connectivity index is 1.42. The molecule has 0 bridgehead atoms. The lowest BCUT2D eigenvalue weighted by atomic mass is 10.1. The maximum absolute atomic E-state index is 12.9. The van der Waals surface area contributed by atoms with Gasteiger partial charge in [-0.3, -0.25) is 14.2 Å². The molecule has 0 radical (unpaired) electrons. The summed E-state index contributed by atoms with van der Waals surface area (Å²) < 4.78 is 3.40. The quantitative estimate of drug-likeness (QED) is 0.549. The molecule has 8 heteroatoms. The van der Waals surface area contributed by atoms with E-state index in [0.717, 1.165) is 24.2 Å². The molecule has 5 rings (SSSR count). The number of nitrogens with one attached hydrogen (secondary N) is 1. The molecule has 2 aromatic carbocycles. The monoisotopic (exact) mass is 419 g/mol. The Labute approximate surface area is 176 Å². The summed E-state index contributed by atoms with van der Waals surface area (Å²) in [6.07, 6.45) is 3.32. The molecule has 0 atom stereocenters. The summed E-state index contributed by atoms with van der Waals surface area (Å²) in [5.74, 6) is 1.05. The van der Waals surface area contributed by atoms with Crippen LogP contribution < -0.4 is 10.9 Å². The van der Waals surface area contributed by atoms with Crippen LogP contribution in [0.5, 0.6) is 0 Å². The first-order chi connectivity index (χ1) is 14.6. The van der Waals surface area contributed by atoms with Crippen LogP contribution in [0.25, 0.3) is 10.9 Å². The minimum absolute atomic E-state index is 0.0442. The summed E-state index contributed by atoms with van der Waals surface area (Å²) in [6, 6.07) is 14.2. The second-order valence-electron chi connectivity index (χ2n) is 7.24. The topological polar surface area (TPSA) is 81.8 Å². The van der Waals surface area contributed by atoms with Crippen molar-refractivity contribution in [3.8, 4) is 0 Å². The second kappa shape index (κ2) is 7.42. The van der Waals surface area contributed by atoms with Gasteiger partial charge in [-0.05, 0) is 36.2 Å². The Kier molecular flexibility index (Phi) is 4.59. The van der Waals surface area contributed by atoms with E-state index >= 15 is 0 Å². The van der Waals surface area contributed by atoms with Crippen LogP contribution in [0.1, 0.15) is 28.2 Å². The Bertz CT molecular complexity index is 1340. The van der Waals surface area contributed by atoms with Crippen molar-refractivity contribution in [1.82, 2.24) is 19.3 Å². The smallest absolute Gasteiger partial charge is 0.261 e. The maximum atomic E-state index is 12.9. The first-order valence-electron chi connectivity index (χ1n) is 9.70. The van der Waals surface area contributed by atoms with Crippen molar-refractivity contribution in [2.24, 2.45) is 0 Å². The van der Waals surface area contributed by atoms with E-state index in [1.807, 2.05) is 24.3 Å². The number of aromatic nitrogens is 4. The fraction of sp³-hybridized carbons (Fsp3) is 0.182. The predicted octanol–water partition coefficient (Wildman–Crippen LogP) is 3.49. The molecule has 1 amide bonds. The van der Waals surface area contributed by atoms with E-state index < -0.39 is 0 Å². The fourth-order valence-corrected chi connectivity index (χ4v) is 3.96. The zero-order valence-corrected chi connectivity index (χ0v) is 16.8. The average molecular weight is 420 g/mol. The lowest BCUT2D eigenvalue weighted by molar-refractivity contribution is 0.102. The van der Waals surface area contributed by atoms with Gasteiger partial charge < -0.3 is 5.32 Å². The highest BCUT2D eigenvalue weighted by Gasteiger charge is 2.17. The van der Waals surface area contributed by atoms with Crippen molar-refractivity contribution >= 4 is 34.2 Å². The van der Waals surface area contributed by atoms with Crippen LogP contribution in [0.15, 0.2) is 59.5 Å². The second-order valence-corrected chi connectivity index (χ2v) is 7.65. The lowest BCUT2D eigenvalue weighted by Crippen LogP contribution is -2.21. The van der Waals surface area contributed by atoms with E-state index in [1.54, 1.807) is 39.7 Å². The molecule has 1 aliphatic heterocycles. The largest absolute Gasteiger partial charge is 0.307 e. The normalized spacial score (nSPS) is 12.8. The Morgan fingerprint density at radius 1 is 1.17 bits per heavy atom. The molecule has 0 unspecified atom stereocenters. The van der Waals surface area contributed by atoms with Gasteiger partial charge in [0, 0.05) is 29.6 Å². The number of benzene rings is 2. The standard InChI is InChI=1S/C22H18ClN5O2/c23-17-5-2-1-4-15(17)13-28-20(9-10-24-28)26-21(29)14-7-8-16-18(12-14)25-19-6-3-11-27(19)22(16)30/h1-2,4-5,7-10,12H,3,6,11,13H2,(H,26,29). The van der Waals surface area contributed by atoms with E-state index in [9.17, 15) is 9.59 Å². The number of anilines is 1. The maximum Gasteiger partial charge on any atom is 0.261 e. The third-order valence-corrected chi connectivity index (χ3v) is 5.68. The number of carbonyl (C=O) groups is 1. The molecule has 0 aliphatic carbocycles. The molecule has 0 saturated carbocycles. The van der Waals surface area contributed by atoms with Crippen molar-refractivity contribution in [3.63, 3.8) is 0 Å². The van der Waals surface area contributed by atoms with Gasteiger partial charge in [0.2, 0.25) is 0 Å². The SMILES string of the molecule is O=C(Nc1ccnn1Cc1ccccc1Cl)c1ccc2c(=O)n3c(nc2c1)CCC3. The van der Waals surface area contributed by atoms with Gasteiger partial charge in [0.15, 0.2) is 0 Å². The summed E-state index contributed by atoms with van der Waals surface area (Å²) in [5.41, 5.74) is 1.84. The molecule has 0 saturated heterocycles. The van der Waals surface area contributed by atoms with Crippen LogP contribution in [0.3, 0.4) is 0 Å². The van der Waals surface area contributed by atoms with Crippen molar-refractivity contribution in [2.45, 2.75) is 25.9 Å². The first-order valence-corrected chi connectivity index (χ1v) is 10.1. The van der Waals surface area contributed by atoms with Gasteiger partial charge in [0.05, 0.1) is 23.6 Å². The molecule has 3 heterocycles. The van der Waals surface area contributed by atoms with Gasteiger partial charge in [-0.25, -0.2) is 9.67 Å². The highest BCUT2D eigenvalue weighted by molar-refractivity contribution is 6.31. The molecule has 0 spiro atoms. The number of hydrogen-bond acceptors (Lipinski definition) is 4. The van der Waals surface area contributed by atoms with Crippen LogP contribution in [0.4, 0.5) is 5.82 Å². The van der Waals surface area contributed by atoms with E-state index in [0.29, 0.717) is 40.4 Å². The van der Waals surface area contributed by atoms with Gasteiger partial charge in [-0.2, -0.15) is 5.10 Å². The van der Waals surface area contributed by atoms with Gasteiger partial charge in [0.25, 0.3) is 11.5 Å². The third kappa shape index (κ3) is 3.27. The summed E-state index contributed by atoms with van der Waals surface area (Å²) >= 11 is 6.24. The molecule has 1 aliphatic rings. The molecule has 7 nitrogen and oxygen atoms in total. The number of halogens is 1. The first kappa shape index (κ1) is 18.6. The molecule has 1 N–H and O–H groups in total. The molecular weight excluding hydrogens is 402 g/mol. The van der Waals surface area contributed by atoms with Crippen LogP contribution in [0.2, 0.25) is 5.02 Å². The van der Waals surface area contributed by atoms with Crippen LogP contribution in [-0.4, -0.2) is 25.2 Å². The summed E-state index contributed by atoms with van der Waals surface area (Å²) in [5, 5.41) is 8.34. The number of fused-ring (bicyclic) bond motifs is 2. The van der Waals surface area contributed by atoms with Crippen LogP contribution in [0, 0.1) is 0 Å². The van der Waals surface area contributed by atoms with Gasteiger partial charge in [0.1, 0.15) is 11.6 Å². The minimum Gasteiger partial charge on any atom is -0.307 e. The minimum atomic E-state index is -0.291. The van der Waals surface area contributed by atoms with E-state index in [-0.39, 0.29) is 11.5 Å². The Hall–Kier alpha value is -3.45. The molecule has 4 aromatic rings. The third-order valence-electron chi connectivity index (χ3n) is 5.31. The molecule has 150 valence electrons. The molecule has 2 aromatic heterocycles. The number of aryl methyl sites for hydroxylation is 1. The van der Waals surface area contributed by atoms with Gasteiger partial charge in [-0.1, -0.05) is 29.8 Å². The number of amides is 1. The van der Waals surface area contributed by atoms with Crippen molar-refractivity contribution in [3.05, 3.63) is 87.1 Å². The zero-order valence-electron chi connectivity index (χ0n) is 16.0. The molecule has 0 fully saturated rings. The summed E-state index contributed by atoms with van der Waals surface area (Å²) in [4.78, 5) is 30.1. The van der Waals surface area contributed by atoms with Crippen molar-refractivity contribution in [1.29, 1.82) is 0 Å². The van der Waals surface area contributed by atoms with Gasteiger partial charge >= 0.3 is 0 Å². The van der Waals surface area contributed by atoms with Crippen molar-refractivity contribution < 1.29 is 4.79 Å². The lowest BCUT2D eigenvalue weighted by Gasteiger charge is -2.11. The van der Waals surface area contributed by atoms with E-state index in [1.165, 1.54) is 0 Å². The highest BCUT2D eigenvalue weighted by atomic mass is 35.5. The Morgan fingerprint density at radius 3 is 2.90 bits per heavy atom. The molecule has 30 heavy (non-hydrogen) atoms. The highest BCUT2D eigenvalue weighted by Crippen LogP contribution is 2.20. The number of carbonyl (C=O) groups excluding carboxylic acids is 1. The number of hydrogen-bond donors (Lipinski definition) is 1. The fourth-order valence-electron chi connectivity index (χ4n) is 3.77. The predicted molar refractivity (Wildman–Crippen MR) is 115 cm³/mol. The zero-order chi connectivity index (χ0) is 20.7. The van der Waals surface area contributed by atoms with Crippen LogP contribution >= 0.6 is 11.6 Å². The number of rotatable bonds is 4.